The van der Waals surface area contributed by atoms with E-state index in [1.54, 1.807) is 4.74 Å². The Balaban J connectivity index is 5.89. The zero-order valence-corrected chi connectivity index (χ0v) is 14.0. The highest BCUT2D eigenvalue weighted by Gasteiger charge is 2.80. The number of ether oxygens (including phenoxy) is 2. The molecule has 0 bridgehead atoms. The maximum absolute atomic E-state index is 13.9. The summed E-state index contributed by atoms with van der Waals surface area (Å²) in [5.74, 6) is -14.5. The molecule has 2 atom stereocenters. The molecule has 0 amide bonds. The number of alkyl halides is 13. The van der Waals surface area contributed by atoms with Gasteiger partial charge in [0.05, 0.1) is 5.75 Å². The fraction of sp³-hybridized carbons (Fsp3) is 1.00. The quantitative estimate of drug-likeness (QED) is 0.291. The van der Waals surface area contributed by atoms with Crippen molar-refractivity contribution < 1.29 is 79.5 Å². The van der Waals surface area contributed by atoms with E-state index in [1.165, 1.54) is 0 Å². The standard InChI is InChI=1S/C10H9F13O5S/c11-5(7(13,14)15,3-1-2-4-29(24,25)26)27-9(19,20)6(12,8(16,17)18)28-10(21,22)23/h1-4H2,(H,24,25,26). The molecule has 0 aliphatic carbocycles. The van der Waals surface area contributed by atoms with Gasteiger partial charge in [-0.25, -0.2) is 9.13 Å². The average molecular weight is 488 g/mol. The first-order valence-electron chi connectivity index (χ1n) is 6.68. The molecule has 176 valence electrons. The van der Waals surface area contributed by atoms with Gasteiger partial charge < -0.3 is 0 Å². The SMILES string of the molecule is O=S(=O)(O)CCCCC(F)(OC(F)(F)C(F)(OC(F)(F)F)C(F)(F)F)C(F)(F)F. The van der Waals surface area contributed by atoms with E-state index in [0.717, 1.165) is 0 Å². The largest absolute Gasteiger partial charge is 0.525 e. The van der Waals surface area contributed by atoms with Crippen molar-refractivity contribution >= 4 is 10.1 Å². The minimum atomic E-state index is -7.36. The summed E-state index contributed by atoms with van der Waals surface area (Å²) in [6.07, 6.45) is -32.9. The van der Waals surface area contributed by atoms with Crippen LogP contribution in [0.15, 0.2) is 0 Å². The van der Waals surface area contributed by atoms with Crippen LogP contribution in [0.25, 0.3) is 0 Å². The Bertz CT molecular complexity index is 654. The summed E-state index contributed by atoms with van der Waals surface area (Å²) >= 11 is 0. The first kappa shape index (κ1) is 27.9. The Morgan fingerprint density at radius 2 is 1.14 bits per heavy atom. The van der Waals surface area contributed by atoms with Gasteiger partial charge >= 0.3 is 36.5 Å². The molecular formula is C10H9F13O5S. The van der Waals surface area contributed by atoms with E-state index in [-0.39, 0.29) is 0 Å². The van der Waals surface area contributed by atoms with E-state index in [0.29, 0.717) is 0 Å². The van der Waals surface area contributed by atoms with E-state index < -0.39 is 71.7 Å². The van der Waals surface area contributed by atoms with Crippen LogP contribution in [0, 0.1) is 0 Å². The number of unbranched alkanes of at least 4 members (excludes halogenated alkanes) is 1. The molecule has 0 saturated heterocycles. The normalized spacial score (nSPS) is 19.0. The Kier molecular flexibility index (Phi) is 7.91. The van der Waals surface area contributed by atoms with Crippen molar-refractivity contribution in [3.8, 4) is 0 Å². The maximum atomic E-state index is 13.9. The third kappa shape index (κ3) is 7.59. The summed E-state index contributed by atoms with van der Waals surface area (Å²) in [5, 5.41) is 0. The van der Waals surface area contributed by atoms with Crippen LogP contribution in [0.1, 0.15) is 19.3 Å². The summed E-state index contributed by atoms with van der Waals surface area (Å²) in [7, 11) is -4.82. The molecule has 0 rings (SSSR count). The van der Waals surface area contributed by atoms with Crippen LogP contribution < -0.4 is 0 Å². The molecule has 0 aliphatic heterocycles. The van der Waals surface area contributed by atoms with Gasteiger partial charge in [-0.05, 0) is 12.8 Å². The van der Waals surface area contributed by atoms with Gasteiger partial charge in [0.2, 0.25) is 0 Å². The number of halogens is 13. The molecule has 0 spiro atoms. The first-order chi connectivity index (χ1) is 12.4. The summed E-state index contributed by atoms with van der Waals surface area (Å²) in [5.41, 5.74) is 0. The number of rotatable bonds is 9. The monoisotopic (exact) mass is 488 g/mol. The van der Waals surface area contributed by atoms with Gasteiger partial charge in [-0.1, -0.05) is 0 Å². The van der Waals surface area contributed by atoms with Crippen LogP contribution >= 0.6 is 0 Å². The van der Waals surface area contributed by atoms with Gasteiger partial charge in [-0.15, -0.1) is 13.2 Å². The highest BCUT2D eigenvalue weighted by Crippen LogP contribution is 2.53. The minimum Gasteiger partial charge on any atom is -0.286 e. The Morgan fingerprint density at radius 1 is 0.690 bits per heavy atom. The van der Waals surface area contributed by atoms with Crippen molar-refractivity contribution in [2.24, 2.45) is 0 Å². The second kappa shape index (κ2) is 8.22. The lowest BCUT2D eigenvalue weighted by molar-refractivity contribution is -0.544. The lowest BCUT2D eigenvalue weighted by Crippen LogP contribution is -2.63. The fourth-order valence-electron chi connectivity index (χ4n) is 1.60. The molecule has 0 heterocycles. The smallest absolute Gasteiger partial charge is 0.286 e. The molecule has 0 aromatic heterocycles. The van der Waals surface area contributed by atoms with Crippen LogP contribution in [0.5, 0.6) is 0 Å². The van der Waals surface area contributed by atoms with Crippen LogP contribution in [0.4, 0.5) is 57.1 Å². The number of hydrogen-bond donors (Lipinski definition) is 1. The van der Waals surface area contributed by atoms with E-state index in [2.05, 4.69) is 4.74 Å². The van der Waals surface area contributed by atoms with Crippen molar-refractivity contribution in [3.05, 3.63) is 0 Å². The van der Waals surface area contributed by atoms with E-state index in [1.807, 2.05) is 0 Å². The van der Waals surface area contributed by atoms with Crippen LogP contribution in [0.2, 0.25) is 0 Å². The van der Waals surface area contributed by atoms with Crippen LogP contribution in [-0.2, 0) is 19.6 Å². The molecule has 19 heteroatoms. The van der Waals surface area contributed by atoms with Gasteiger partial charge in [0.15, 0.2) is 0 Å². The summed E-state index contributed by atoms with van der Waals surface area (Å²) in [6.45, 7) is 0. The molecule has 0 radical (unpaired) electrons. The van der Waals surface area contributed by atoms with Crippen molar-refractivity contribution in [2.45, 2.75) is 55.8 Å². The predicted molar refractivity (Wildman–Crippen MR) is 63.2 cm³/mol. The summed E-state index contributed by atoms with van der Waals surface area (Å²) in [6, 6.07) is 0. The van der Waals surface area contributed by atoms with Gasteiger partial charge in [0.25, 0.3) is 10.1 Å². The van der Waals surface area contributed by atoms with Gasteiger partial charge in [0.1, 0.15) is 0 Å². The molecule has 0 fully saturated rings. The molecule has 29 heavy (non-hydrogen) atoms. The van der Waals surface area contributed by atoms with Gasteiger partial charge in [-0.2, -0.15) is 47.9 Å². The van der Waals surface area contributed by atoms with E-state index in [4.69, 9.17) is 4.55 Å². The minimum absolute atomic E-state index is 1.07. The molecule has 0 saturated carbocycles. The molecule has 1 N–H and O–H groups in total. The lowest BCUT2D eigenvalue weighted by atomic mass is 10.1. The van der Waals surface area contributed by atoms with Crippen LogP contribution in [0.3, 0.4) is 0 Å². The van der Waals surface area contributed by atoms with Gasteiger partial charge in [-0.3, -0.25) is 9.29 Å². The second-order valence-corrected chi connectivity index (χ2v) is 6.80. The molecule has 0 aromatic rings. The van der Waals surface area contributed by atoms with Crippen molar-refractivity contribution in [2.75, 3.05) is 5.75 Å². The highest BCUT2D eigenvalue weighted by molar-refractivity contribution is 7.85. The average Bonchev–Trinajstić information content (AvgIpc) is 2.37. The Labute approximate surface area is 152 Å². The zero-order chi connectivity index (χ0) is 23.7. The van der Waals surface area contributed by atoms with Crippen molar-refractivity contribution in [1.82, 2.24) is 0 Å². The summed E-state index contributed by atoms with van der Waals surface area (Å²) < 4.78 is 198. The predicted octanol–water partition coefficient (Wildman–Crippen LogP) is 4.65. The molecule has 0 aliphatic rings. The second-order valence-electron chi connectivity index (χ2n) is 5.23. The van der Waals surface area contributed by atoms with E-state index >= 15 is 0 Å². The third-order valence-corrected chi connectivity index (χ3v) is 3.66. The van der Waals surface area contributed by atoms with E-state index in [9.17, 15) is 65.5 Å². The molecule has 2 unspecified atom stereocenters. The van der Waals surface area contributed by atoms with Gasteiger partial charge in [0, 0.05) is 6.42 Å². The number of hydrogen-bond acceptors (Lipinski definition) is 4. The van der Waals surface area contributed by atoms with Crippen LogP contribution in [-0.4, -0.2) is 55.3 Å². The third-order valence-electron chi connectivity index (χ3n) is 2.86. The van der Waals surface area contributed by atoms with Crippen molar-refractivity contribution in [1.29, 1.82) is 0 Å². The van der Waals surface area contributed by atoms with Crippen molar-refractivity contribution in [3.63, 3.8) is 0 Å². The summed E-state index contributed by atoms with van der Waals surface area (Å²) in [4.78, 5) is 0. The zero-order valence-electron chi connectivity index (χ0n) is 13.2. The Hall–Kier alpha value is -1.08. The maximum Gasteiger partial charge on any atom is 0.525 e. The fourth-order valence-corrected chi connectivity index (χ4v) is 2.17. The first-order valence-corrected chi connectivity index (χ1v) is 8.29. The highest BCUT2D eigenvalue weighted by atomic mass is 32.2. The topological polar surface area (TPSA) is 72.8 Å². The molecule has 5 nitrogen and oxygen atoms in total. The molecular weight excluding hydrogens is 479 g/mol. The molecule has 0 aromatic carbocycles. The lowest BCUT2D eigenvalue weighted by Gasteiger charge is -2.38. The Morgan fingerprint density at radius 3 is 1.45 bits per heavy atom.